The molecule has 2 aromatic heterocycles. The lowest BCUT2D eigenvalue weighted by Crippen LogP contribution is -2.29. The third-order valence-electron chi connectivity index (χ3n) is 6.53. The van der Waals surface area contributed by atoms with Gasteiger partial charge in [-0.25, -0.2) is 19.6 Å². The van der Waals surface area contributed by atoms with Crippen molar-refractivity contribution in [2.75, 3.05) is 32.0 Å². The largest absolute Gasteiger partial charge is 0.381 e. The molecule has 0 saturated carbocycles. The van der Waals surface area contributed by atoms with Gasteiger partial charge in [0.25, 0.3) is 0 Å². The quantitative estimate of drug-likeness (QED) is 0.487. The van der Waals surface area contributed by atoms with Crippen molar-refractivity contribution in [3.63, 3.8) is 0 Å². The summed E-state index contributed by atoms with van der Waals surface area (Å²) in [6, 6.07) is 5.76. The molecule has 0 aliphatic carbocycles. The predicted molar refractivity (Wildman–Crippen MR) is 142 cm³/mol. The summed E-state index contributed by atoms with van der Waals surface area (Å²) in [5.41, 5.74) is 10.0. The van der Waals surface area contributed by atoms with Crippen LogP contribution in [0.4, 0.5) is 10.3 Å². The molecular formula is C28H37FN6O. The van der Waals surface area contributed by atoms with E-state index in [4.69, 9.17) is 15.7 Å². The molecule has 2 aliphatic rings. The number of nitriles is 1. The number of anilines is 1. The molecular weight excluding hydrogens is 455 g/mol. The van der Waals surface area contributed by atoms with Crippen LogP contribution in [-0.2, 0) is 11.3 Å². The van der Waals surface area contributed by atoms with Crippen molar-refractivity contribution in [1.29, 1.82) is 5.26 Å². The first-order chi connectivity index (χ1) is 17.5. The number of ether oxygens (including phenoxy) is 1. The molecule has 0 bridgehead atoms. The summed E-state index contributed by atoms with van der Waals surface area (Å²) >= 11 is 0. The van der Waals surface area contributed by atoms with E-state index in [0.717, 1.165) is 49.9 Å². The molecule has 2 fully saturated rings. The van der Waals surface area contributed by atoms with Gasteiger partial charge < -0.3 is 10.5 Å². The molecule has 8 heteroatoms. The number of nitrogens with two attached hydrogens (primary N) is 1. The standard InChI is InChI=1S/C22H26FN5.C5H10O.CHN/c1-14(2)20-16(13-28-8-4-3-5-9-28)11-25-19-7-6-15(10-17(19)20)21-18(23)12-26-22(24)27-21;1-2-4-6-5-3-1;1-2/h6-7,10-12,14H,3-5,8-9,13H2,1-2H3,(H2,24,26,27);1-5H2;1H. The van der Waals surface area contributed by atoms with Gasteiger partial charge >= 0.3 is 0 Å². The SMILES string of the molecule is C#N.C1CCOCC1.CC(C)c1c(CN2CCCCC2)cnc2ccc(-c3nc(N)ncc3F)cc12. The van der Waals surface area contributed by atoms with E-state index < -0.39 is 5.82 Å². The lowest BCUT2D eigenvalue weighted by Gasteiger charge is -2.28. The Morgan fingerprint density at radius 1 is 1.03 bits per heavy atom. The van der Waals surface area contributed by atoms with Crippen molar-refractivity contribution in [3.05, 3.63) is 47.5 Å². The van der Waals surface area contributed by atoms with Gasteiger partial charge in [0, 0.05) is 43.5 Å². The lowest BCUT2D eigenvalue weighted by molar-refractivity contribution is 0.0968. The first kappa shape index (κ1) is 27.4. The van der Waals surface area contributed by atoms with Gasteiger partial charge in [0.1, 0.15) is 5.69 Å². The van der Waals surface area contributed by atoms with Crippen LogP contribution in [0.2, 0.25) is 0 Å². The monoisotopic (exact) mass is 492 g/mol. The summed E-state index contributed by atoms with van der Waals surface area (Å²) < 4.78 is 19.4. The van der Waals surface area contributed by atoms with Crippen molar-refractivity contribution in [2.45, 2.75) is 64.8 Å². The fraction of sp³-hybridized carbons (Fsp3) is 0.500. The number of hydrogen-bond donors (Lipinski definition) is 1. The number of nitrogen functional groups attached to an aromatic ring is 1. The smallest absolute Gasteiger partial charge is 0.220 e. The van der Waals surface area contributed by atoms with E-state index in [1.807, 2.05) is 24.4 Å². The summed E-state index contributed by atoms with van der Waals surface area (Å²) in [6.45, 7) is 13.1. The van der Waals surface area contributed by atoms with Crippen LogP contribution in [0.15, 0.2) is 30.6 Å². The number of nitrogens with zero attached hydrogens (tertiary/aromatic N) is 5. The van der Waals surface area contributed by atoms with E-state index in [2.05, 4.69) is 40.3 Å². The van der Waals surface area contributed by atoms with Gasteiger partial charge in [-0.2, -0.15) is 0 Å². The van der Waals surface area contributed by atoms with E-state index in [1.54, 1.807) is 0 Å². The highest BCUT2D eigenvalue weighted by molar-refractivity contribution is 5.88. The Kier molecular flexibility index (Phi) is 10.5. The average molecular weight is 493 g/mol. The zero-order valence-corrected chi connectivity index (χ0v) is 21.4. The second kappa shape index (κ2) is 13.8. The minimum atomic E-state index is -0.475. The molecule has 192 valence electrons. The molecule has 0 radical (unpaired) electrons. The molecule has 0 unspecified atom stereocenters. The Morgan fingerprint density at radius 3 is 2.33 bits per heavy atom. The number of hydrogen-bond acceptors (Lipinski definition) is 7. The number of fused-ring (bicyclic) bond motifs is 1. The number of aromatic nitrogens is 3. The number of benzene rings is 1. The summed E-state index contributed by atoms with van der Waals surface area (Å²) in [4.78, 5) is 15.0. The van der Waals surface area contributed by atoms with Crippen LogP contribution in [0.1, 0.15) is 69.4 Å². The summed E-state index contributed by atoms with van der Waals surface area (Å²) in [5, 5.41) is 7.55. The van der Waals surface area contributed by atoms with Crippen LogP contribution in [0.5, 0.6) is 0 Å². The van der Waals surface area contributed by atoms with E-state index >= 15 is 0 Å². The van der Waals surface area contributed by atoms with Crippen LogP contribution in [0.3, 0.4) is 0 Å². The Morgan fingerprint density at radius 2 is 1.72 bits per heavy atom. The van der Waals surface area contributed by atoms with Crippen molar-refractivity contribution < 1.29 is 9.13 Å². The third kappa shape index (κ3) is 7.19. The predicted octanol–water partition coefficient (Wildman–Crippen LogP) is 5.85. The van der Waals surface area contributed by atoms with Crippen LogP contribution >= 0.6 is 0 Å². The molecule has 2 saturated heterocycles. The second-order valence-electron chi connectivity index (χ2n) is 9.52. The van der Waals surface area contributed by atoms with Gasteiger partial charge in [-0.05, 0) is 74.4 Å². The first-order valence-electron chi connectivity index (χ1n) is 12.8. The van der Waals surface area contributed by atoms with Crippen molar-refractivity contribution >= 4 is 16.9 Å². The fourth-order valence-electron chi connectivity index (χ4n) is 4.84. The maximum atomic E-state index is 14.3. The van der Waals surface area contributed by atoms with E-state index in [0.29, 0.717) is 11.5 Å². The summed E-state index contributed by atoms with van der Waals surface area (Å²) in [5.74, 6) is -0.0736. The average Bonchev–Trinajstić information content (AvgIpc) is 2.92. The molecule has 36 heavy (non-hydrogen) atoms. The Balaban J connectivity index is 0.000000390. The van der Waals surface area contributed by atoms with Crippen LogP contribution in [0, 0.1) is 17.7 Å². The Bertz CT molecular complexity index is 1130. The lowest BCUT2D eigenvalue weighted by atomic mass is 9.92. The van der Waals surface area contributed by atoms with Crippen molar-refractivity contribution in [3.8, 4) is 17.8 Å². The number of likely N-dealkylation sites (tertiary alicyclic amines) is 1. The summed E-state index contributed by atoms with van der Waals surface area (Å²) in [7, 11) is 0. The van der Waals surface area contributed by atoms with Crippen molar-refractivity contribution in [1.82, 2.24) is 19.9 Å². The molecule has 0 spiro atoms. The first-order valence-corrected chi connectivity index (χ1v) is 12.8. The van der Waals surface area contributed by atoms with Crippen LogP contribution in [0.25, 0.3) is 22.2 Å². The molecule has 5 rings (SSSR count). The maximum Gasteiger partial charge on any atom is 0.220 e. The van der Waals surface area contributed by atoms with Gasteiger partial charge in [-0.15, -0.1) is 0 Å². The Hall–Kier alpha value is -3.15. The molecule has 0 amide bonds. The normalized spacial score (nSPS) is 16.1. The zero-order chi connectivity index (χ0) is 25.9. The number of pyridine rings is 1. The number of rotatable bonds is 4. The van der Waals surface area contributed by atoms with Gasteiger partial charge in [-0.1, -0.05) is 26.3 Å². The Labute approximate surface area is 213 Å². The molecule has 1 aromatic carbocycles. The molecule has 0 atom stereocenters. The van der Waals surface area contributed by atoms with Crippen LogP contribution in [-0.4, -0.2) is 46.2 Å². The minimum absolute atomic E-state index is 0.0672. The van der Waals surface area contributed by atoms with Gasteiger partial charge in [0.15, 0.2) is 5.82 Å². The molecule has 3 aromatic rings. The maximum absolute atomic E-state index is 14.3. The molecule has 2 N–H and O–H groups in total. The topological polar surface area (TPSA) is 101 Å². The minimum Gasteiger partial charge on any atom is -0.381 e. The zero-order valence-electron chi connectivity index (χ0n) is 21.4. The van der Waals surface area contributed by atoms with E-state index in [1.165, 1.54) is 49.7 Å². The number of halogens is 1. The summed E-state index contributed by atoms with van der Waals surface area (Å²) in [6.07, 6.45) is 10.9. The highest BCUT2D eigenvalue weighted by atomic mass is 19.1. The molecule has 4 heterocycles. The third-order valence-corrected chi connectivity index (χ3v) is 6.53. The van der Waals surface area contributed by atoms with Gasteiger partial charge in [-0.3, -0.25) is 9.88 Å². The molecule has 7 nitrogen and oxygen atoms in total. The highest BCUT2D eigenvalue weighted by Crippen LogP contribution is 2.32. The van der Waals surface area contributed by atoms with Crippen molar-refractivity contribution in [2.24, 2.45) is 0 Å². The molecule has 2 aliphatic heterocycles. The fourth-order valence-corrected chi connectivity index (χ4v) is 4.84. The number of piperidine rings is 1. The van der Waals surface area contributed by atoms with Crippen LogP contribution < -0.4 is 5.73 Å². The van der Waals surface area contributed by atoms with Gasteiger partial charge in [0.05, 0.1) is 11.7 Å². The van der Waals surface area contributed by atoms with Gasteiger partial charge in [0.2, 0.25) is 5.95 Å². The highest BCUT2D eigenvalue weighted by Gasteiger charge is 2.18. The second-order valence-corrected chi connectivity index (χ2v) is 9.52. The van der Waals surface area contributed by atoms with E-state index in [9.17, 15) is 4.39 Å². The van der Waals surface area contributed by atoms with E-state index in [-0.39, 0.29) is 11.6 Å².